The second-order valence-corrected chi connectivity index (χ2v) is 3.17. The molecule has 1 unspecified atom stereocenters. The van der Waals surface area contributed by atoms with Gasteiger partial charge in [-0.2, -0.15) is 0 Å². The van der Waals surface area contributed by atoms with E-state index >= 15 is 0 Å². The second kappa shape index (κ2) is 4.83. The van der Waals surface area contributed by atoms with Gasteiger partial charge in [0.1, 0.15) is 6.61 Å². The Bertz CT molecular complexity index is 330. The van der Waals surface area contributed by atoms with Gasteiger partial charge in [-0.15, -0.1) is 0 Å². The summed E-state index contributed by atoms with van der Waals surface area (Å²) in [6.45, 7) is 0.0269. The molecule has 0 radical (unpaired) electrons. The Morgan fingerprint density at radius 2 is 2.14 bits per heavy atom. The maximum Gasteiger partial charge on any atom is 0.404 e. The predicted octanol–water partition coefficient (Wildman–Crippen LogP) is 1.44. The number of amides is 1. The van der Waals surface area contributed by atoms with Crippen LogP contribution in [0.15, 0.2) is 24.3 Å². The quantitative estimate of drug-likeness (QED) is 0.799. The average molecular weight is 215 g/mol. The smallest absolute Gasteiger partial charge is 0.404 e. The Morgan fingerprint density at radius 3 is 2.71 bits per heavy atom. The highest BCUT2D eigenvalue weighted by Gasteiger charge is 2.10. The molecule has 1 atom stereocenters. The molecule has 4 N–H and O–H groups in total. The van der Waals surface area contributed by atoms with Crippen LogP contribution in [0.1, 0.15) is 11.6 Å². The van der Waals surface area contributed by atoms with Gasteiger partial charge in [0.2, 0.25) is 0 Å². The van der Waals surface area contributed by atoms with E-state index in [0.717, 1.165) is 5.56 Å². The van der Waals surface area contributed by atoms with Crippen LogP contribution in [0.5, 0.6) is 0 Å². The monoisotopic (exact) mass is 214 g/mol. The zero-order valence-corrected chi connectivity index (χ0v) is 8.20. The maximum atomic E-state index is 10.3. The molecule has 0 bridgehead atoms. The largest absolute Gasteiger partial charge is 0.448 e. The van der Waals surface area contributed by atoms with E-state index in [9.17, 15) is 4.79 Å². The predicted molar refractivity (Wildman–Crippen MR) is 53.9 cm³/mol. The Morgan fingerprint density at radius 1 is 1.50 bits per heavy atom. The molecule has 14 heavy (non-hydrogen) atoms. The summed E-state index contributed by atoms with van der Waals surface area (Å²) in [7, 11) is 0. The van der Waals surface area contributed by atoms with Crippen molar-refractivity contribution in [1.29, 1.82) is 0 Å². The first kappa shape index (κ1) is 10.8. The van der Waals surface area contributed by atoms with E-state index in [0.29, 0.717) is 5.02 Å². The van der Waals surface area contributed by atoms with Gasteiger partial charge < -0.3 is 16.2 Å². The molecule has 1 amide bonds. The third kappa shape index (κ3) is 2.90. The standard InChI is InChI=1S/C9H11ClN2O2/c10-7-4-2-1-3-6(7)8(11)5-14-9(12)13/h1-4,8H,5,11H2,(H2,12,13). The third-order valence-corrected chi connectivity index (χ3v) is 2.05. The zero-order valence-electron chi connectivity index (χ0n) is 7.44. The summed E-state index contributed by atoms with van der Waals surface area (Å²) < 4.78 is 4.57. The first-order chi connectivity index (χ1) is 6.61. The lowest BCUT2D eigenvalue weighted by atomic mass is 10.1. The van der Waals surface area contributed by atoms with Gasteiger partial charge in [-0.05, 0) is 11.6 Å². The third-order valence-electron chi connectivity index (χ3n) is 1.71. The van der Waals surface area contributed by atoms with E-state index in [1.54, 1.807) is 18.2 Å². The van der Waals surface area contributed by atoms with E-state index in [-0.39, 0.29) is 6.61 Å². The normalized spacial score (nSPS) is 12.1. The van der Waals surface area contributed by atoms with Crippen molar-refractivity contribution in [1.82, 2.24) is 0 Å². The van der Waals surface area contributed by atoms with Gasteiger partial charge in [0.25, 0.3) is 0 Å². The SMILES string of the molecule is NC(=O)OCC(N)c1ccccc1Cl. The molecular formula is C9H11ClN2O2. The summed E-state index contributed by atoms with van der Waals surface area (Å²) in [4.78, 5) is 10.3. The van der Waals surface area contributed by atoms with Crippen molar-refractivity contribution in [3.8, 4) is 0 Å². The molecular weight excluding hydrogens is 204 g/mol. The first-order valence-electron chi connectivity index (χ1n) is 4.03. The second-order valence-electron chi connectivity index (χ2n) is 2.76. The van der Waals surface area contributed by atoms with Crippen LogP contribution in [0, 0.1) is 0 Å². The molecule has 1 rings (SSSR count). The highest BCUT2D eigenvalue weighted by Crippen LogP contribution is 2.20. The Labute approximate surface area is 86.8 Å². The molecule has 0 spiro atoms. The van der Waals surface area contributed by atoms with Gasteiger partial charge in [-0.1, -0.05) is 29.8 Å². The van der Waals surface area contributed by atoms with Gasteiger partial charge >= 0.3 is 6.09 Å². The van der Waals surface area contributed by atoms with Crippen LogP contribution in [-0.2, 0) is 4.74 Å². The summed E-state index contributed by atoms with van der Waals surface area (Å²) in [6.07, 6.45) is -0.840. The van der Waals surface area contributed by atoms with E-state index in [1.165, 1.54) is 0 Å². The first-order valence-corrected chi connectivity index (χ1v) is 4.41. The topological polar surface area (TPSA) is 78.3 Å². The van der Waals surface area contributed by atoms with Crippen molar-refractivity contribution < 1.29 is 9.53 Å². The molecule has 0 saturated carbocycles. The lowest BCUT2D eigenvalue weighted by Crippen LogP contribution is -2.22. The number of primary amides is 1. The lowest BCUT2D eigenvalue weighted by molar-refractivity contribution is 0.149. The van der Waals surface area contributed by atoms with Crippen LogP contribution in [0.4, 0.5) is 4.79 Å². The summed E-state index contributed by atoms with van der Waals surface area (Å²) >= 11 is 5.88. The molecule has 0 fully saturated rings. The summed E-state index contributed by atoms with van der Waals surface area (Å²) in [5, 5.41) is 0.549. The summed E-state index contributed by atoms with van der Waals surface area (Å²) in [5.74, 6) is 0. The number of carbonyl (C=O) groups excluding carboxylic acids is 1. The van der Waals surface area contributed by atoms with Crippen LogP contribution in [-0.4, -0.2) is 12.7 Å². The van der Waals surface area contributed by atoms with Crippen molar-refractivity contribution in [2.75, 3.05) is 6.61 Å². The Kier molecular flexibility index (Phi) is 3.73. The minimum Gasteiger partial charge on any atom is -0.448 e. The van der Waals surface area contributed by atoms with Crippen molar-refractivity contribution >= 4 is 17.7 Å². The van der Waals surface area contributed by atoms with Gasteiger partial charge in [0.05, 0.1) is 6.04 Å². The van der Waals surface area contributed by atoms with Gasteiger partial charge in [-0.25, -0.2) is 4.79 Å². The number of halogens is 1. The molecule has 0 aliphatic heterocycles. The van der Waals surface area contributed by atoms with Crippen LogP contribution in [0.3, 0.4) is 0 Å². The molecule has 0 aliphatic carbocycles. The molecule has 0 aliphatic rings. The lowest BCUT2D eigenvalue weighted by Gasteiger charge is -2.12. The van der Waals surface area contributed by atoms with Crippen molar-refractivity contribution in [2.24, 2.45) is 11.5 Å². The minimum atomic E-state index is -0.840. The highest BCUT2D eigenvalue weighted by molar-refractivity contribution is 6.31. The van der Waals surface area contributed by atoms with Gasteiger partial charge in [0, 0.05) is 5.02 Å². The molecule has 0 saturated heterocycles. The van der Waals surface area contributed by atoms with E-state index < -0.39 is 12.1 Å². The van der Waals surface area contributed by atoms with Crippen molar-refractivity contribution in [2.45, 2.75) is 6.04 Å². The van der Waals surface area contributed by atoms with Gasteiger partial charge in [-0.3, -0.25) is 0 Å². The number of hydrogen-bond donors (Lipinski definition) is 2. The van der Waals surface area contributed by atoms with Gasteiger partial charge in [0.15, 0.2) is 0 Å². The number of hydrogen-bond acceptors (Lipinski definition) is 3. The Balaban J connectivity index is 2.65. The molecule has 76 valence electrons. The minimum absolute atomic E-state index is 0.0269. The number of rotatable bonds is 3. The fourth-order valence-corrected chi connectivity index (χ4v) is 1.31. The molecule has 1 aromatic carbocycles. The van der Waals surface area contributed by atoms with Crippen LogP contribution < -0.4 is 11.5 Å². The van der Waals surface area contributed by atoms with E-state index in [2.05, 4.69) is 4.74 Å². The van der Waals surface area contributed by atoms with Crippen molar-refractivity contribution in [3.63, 3.8) is 0 Å². The molecule has 4 nitrogen and oxygen atoms in total. The molecule has 5 heteroatoms. The fraction of sp³-hybridized carbons (Fsp3) is 0.222. The maximum absolute atomic E-state index is 10.3. The van der Waals surface area contributed by atoms with Crippen LogP contribution in [0.2, 0.25) is 5.02 Å². The molecule has 0 heterocycles. The molecule has 0 aromatic heterocycles. The Hall–Kier alpha value is -1.26. The van der Waals surface area contributed by atoms with Crippen LogP contribution >= 0.6 is 11.6 Å². The highest BCUT2D eigenvalue weighted by atomic mass is 35.5. The molecule has 1 aromatic rings. The summed E-state index contributed by atoms with van der Waals surface area (Å²) in [5.41, 5.74) is 11.3. The zero-order chi connectivity index (χ0) is 10.6. The number of nitrogens with two attached hydrogens (primary N) is 2. The van der Waals surface area contributed by atoms with Crippen LogP contribution in [0.25, 0.3) is 0 Å². The fourth-order valence-electron chi connectivity index (χ4n) is 1.04. The number of carbonyl (C=O) groups is 1. The van der Waals surface area contributed by atoms with E-state index in [1.807, 2.05) is 6.07 Å². The average Bonchev–Trinajstić information content (AvgIpc) is 2.15. The number of ether oxygens (including phenoxy) is 1. The number of benzene rings is 1. The summed E-state index contributed by atoms with van der Waals surface area (Å²) in [6, 6.07) is 6.66. The van der Waals surface area contributed by atoms with Crippen molar-refractivity contribution in [3.05, 3.63) is 34.9 Å². The van der Waals surface area contributed by atoms with E-state index in [4.69, 9.17) is 23.1 Å².